The van der Waals surface area contributed by atoms with E-state index in [0.29, 0.717) is 11.5 Å². The van der Waals surface area contributed by atoms with Gasteiger partial charge >= 0.3 is 0 Å². The fourth-order valence-electron chi connectivity index (χ4n) is 3.50. The molecule has 0 unspecified atom stereocenters. The van der Waals surface area contributed by atoms with Gasteiger partial charge in [-0.2, -0.15) is 4.99 Å². The molecule has 0 spiro atoms. The van der Waals surface area contributed by atoms with E-state index in [0.717, 1.165) is 49.2 Å². The highest BCUT2D eigenvalue weighted by Gasteiger charge is 2.28. The molecule has 2 aliphatic heterocycles. The first-order chi connectivity index (χ1) is 14.2. The molecule has 0 atom stereocenters. The summed E-state index contributed by atoms with van der Waals surface area (Å²) in [5.74, 6) is 0.627. The second kappa shape index (κ2) is 9.29. The number of rotatable bonds is 5. The molecule has 2 aliphatic rings. The van der Waals surface area contributed by atoms with Gasteiger partial charge in [0.05, 0.1) is 11.5 Å². The Morgan fingerprint density at radius 1 is 1.03 bits per heavy atom. The predicted octanol–water partition coefficient (Wildman–Crippen LogP) is 3.87. The van der Waals surface area contributed by atoms with Crippen molar-refractivity contribution in [3.63, 3.8) is 0 Å². The van der Waals surface area contributed by atoms with Crippen LogP contribution in [0.5, 0.6) is 5.75 Å². The van der Waals surface area contributed by atoms with Gasteiger partial charge in [-0.1, -0.05) is 48.5 Å². The van der Waals surface area contributed by atoms with Crippen molar-refractivity contribution in [2.24, 2.45) is 4.99 Å². The molecule has 29 heavy (non-hydrogen) atoms. The van der Waals surface area contributed by atoms with Crippen LogP contribution in [0.3, 0.4) is 0 Å². The average molecular weight is 408 g/mol. The summed E-state index contributed by atoms with van der Waals surface area (Å²) in [4.78, 5) is 22.1. The summed E-state index contributed by atoms with van der Waals surface area (Å²) < 4.78 is 5.67. The number of aliphatic imine (C=N–C) groups is 1. The fourth-order valence-corrected chi connectivity index (χ4v) is 4.46. The van der Waals surface area contributed by atoms with Crippen LogP contribution >= 0.6 is 11.8 Å². The Balaban J connectivity index is 1.37. The standard InChI is InChI=1S/C23H25N3O2S/c1-2-28-20-11-7-6-10-19(20)16-21-22(27)24-23(29-21)26-14-12-25(13-15-26)17-18-8-4-3-5-9-18/h3-11,16H,2,12-15,17H2,1H3/b21-16-. The molecule has 0 N–H and O–H groups in total. The number of hydrogen-bond donors (Lipinski definition) is 0. The molecule has 6 heteroatoms. The van der Waals surface area contributed by atoms with Gasteiger partial charge in [0.1, 0.15) is 5.75 Å². The van der Waals surface area contributed by atoms with E-state index < -0.39 is 0 Å². The molecule has 1 saturated heterocycles. The number of carbonyl (C=O) groups excluding carboxylic acids is 1. The number of para-hydroxylation sites is 1. The third-order valence-corrected chi connectivity index (χ3v) is 6.05. The third-order valence-electron chi connectivity index (χ3n) is 5.01. The van der Waals surface area contributed by atoms with Crippen LogP contribution in [-0.4, -0.2) is 53.7 Å². The summed E-state index contributed by atoms with van der Waals surface area (Å²) in [5, 5.41) is 0.814. The van der Waals surface area contributed by atoms with Crippen molar-refractivity contribution in [1.29, 1.82) is 0 Å². The van der Waals surface area contributed by atoms with Gasteiger partial charge in [-0.15, -0.1) is 0 Å². The quantitative estimate of drug-likeness (QED) is 0.704. The Hall–Kier alpha value is -2.57. The molecule has 150 valence electrons. The second-order valence-electron chi connectivity index (χ2n) is 7.03. The van der Waals surface area contributed by atoms with Crippen molar-refractivity contribution in [3.8, 4) is 5.75 Å². The van der Waals surface area contributed by atoms with Crippen molar-refractivity contribution in [3.05, 3.63) is 70.6 Å². The summed E-state index contributed by atoms with van der Waals surface area (Å²) in [7, 11) is 0. The Morgan fingerprint density at radius 2 is 1.76 bits per heavy atom. The lowest BCUT2D eigenvalue weighted by molar-refractivity contribution is -0.113. The lowest BCUT2D eigenvalue weighted by Crippen LogP contribution is -2.47. The topological polar surface area (TPSA) is 45.1 Å². The molecule has 0 aliphatic carbocycles. The normalized spacial score (nSPS) is 18.9. The van der Waals surface area contributed by atoms with Gasteiger partial charge in [0.15, 0.2) is 5.17 Å². The lowest BCUT2D eigenvalue weighted by Gasteiger charge is -2.35. The first-order valence-electron chi connectivity index (χ1n) is 9.98. The minimum Gasteiger partial charge on any atom is -0.493 e. The van der Waals surface area contributed by atoms with Gasteiger partial charge in [0, 0.05) is 38.3 Å². The largest absolute Gasteiger partial charge is 0.493 e. The van der Waals surface area contributed by atoms with Crippen LogP contribution in [-0.2, 0) is 11.3 Å². The number of amides is 1. The van der Waals surface area contributed by atoms with E-state index >= 15 is 0 Å². The van der Waals surface area contributed by atoms with Crippen LogP contribution in [0.2, 0.25) is 0 Å². The van der Waals surface area contributed by atoms with Gasteiger partial charge in [-0.25, -0.2) is 0 Å². The van der Waals surface area contributed by atoms with Crippen LogP contribution in [0.25, 0.3) is 6.08 Å². The van der Waals surface area contributed by atoms with E-state index in [1.54, 1.807) is 0 Å². The summed E-state index contributed by atoms with van der Waals surface area (Å²) in [6, 6.07) is 18.3. The van der Waals surface area contributed by atoms with Gasteiger partial charge in [0.2, 0.25) is 0 Å². The molecule has 0 saturated carbocycles. The van der Waals surface area contributed by atoms with Crippen LogP contribution in [0, 0.1) is 0 Å². The average Bonchev–Trinajstić information content (AvgIpc) is 3.11. The molecular weight excluding hydrogens is 382 g/mol. The van der Waals surface area contributed by atoms with Crippen molar-refractivity contribution in [2.75, 3.05) is 32.8 Å². The van der Waals surface area contributed by atoms with E-state index in [1.807, 2.05) is 43.3 Å². The number of benzene rings is 2. The number of amidine groups is 1. The first-order valence-corrected chi connectivity index (χ1v) is 10.8. The zero-order valence-electron chi connectivity index (χ0n) is 16.6. The molecule has 0 radical (unpaired) electrons. The van der Waals surface area contributed by atoms with Crippen LogP contribution in [0.1, 0.15) is 18.1 Å². The van der Waals surface area contributed by atoms with Crippen molar-refractivity contribution >= 4 is 28.9 Å². The minimum absolute atomic E-state index is 0.164. The minimum atomic E-state index is -0.164. The Bertz CT molecular complexity index is 919. The van der Waals surface area contributed by atoms with E-state index in [9.17, 15) is 4.79 Å². The zero-order valence-corrected chi connectivity index (χ0v) is 17.4. The molecule has 1 amide bonds. The van der Waals surface area contributed by atoms with Crippen LogP contribution in [0.4, 0.5) is 0 Å². The highest BCUT2D eigenvalue weighted by atomic mass is 32.2. The molecule has 0 aromatic heterocycles. The third kappa shape index (κ3) is 4.89. The maximum absolute atomic E-state index is 12.5. The summed E-state index contributed by atoms with van der Waals surface area (Å²) in [6.07, 6.45) is 1.89. The Kier molecular flexibility index (Phi) is 6.32. The number of piperazine rings is 1. The van der Waals surface area contributed by atoms with E-state index in [4.69, 9.17) is 4.74 Å². The fraction of sp³-hybridized carbons (Fsp3) is 0.304. The van der Waals surface area contributed by atoms with Crippen molar-refractivity contribution in [2.45, 2.75) is 13.5 Å². The van der Waals surface area contributed by atoms with Crippen molar-refractivity contribution in [1.82, 2.24) is 9.80 Å². The molecule has 1 fully saturated rings. The van der Waals surface area contributed by atoms with Crippen LogP contribution < -0.4 is 4.74 Å². The number of hydrogen-bond acceptors (Lipinski definition) is 5. The number of carbonyl (C=O) groups is 1. The predicted molar refractivity (Wildman–Crippen MR) is 119 cm³/mol. The maximum Gasteiger partial charge on any atom is 0.286 e. The van der Waals surface area contributed by atoms with Crippen LogP contribution in [0.15, 0.2) is 64.5 Å². The SMILES string of the molecule is CCOc1ccccc1/C=C1\SC(N2CCN(Cc3ccccc3)CC2)=NC1=O. The molecule has 2 aromatic carbocycles. The van der Waals surface area contributed by atoms with Crippen molar-refractivity contribution < 1.29 is 9.53 Å². The zero-order chi connectivity index (χ0) is 20.1. The van der Waals surface area contributed by atoms with Gasteiger partial charge in [-0.3, -0.25) is 9.69 Å². The number of thioether (sulfide) groups is 1. The van der Waals surface area contributed by atoms with Gasteiger partial charge in [-0.05, 0) is 36.4 Å². The van der Waals surface area contributed by atoms with E-state index in [1.165, 1.54) is 17.3 Å². The summed E-state index contributed by atoms with van der Waals surface area (Å²) >= 11 is 1.47. The number of nitrogens with zero attached hydrogens (tertiary/aromatic N) is 3. The van der Waals surface area contributed by atoms with Gasteiger partial charge in [0.25, 0.3) is 5.91 Å². The first kappa shape index (κ1) is 19.7. The molecule has 5 nitrogen and oxygen atoms in total. The molecule has 2 aromatic rings. The second-order valence-corrected chi connectivity index (χ2v) is 8.04. The smallest absolute Gasteiger partial charge is 0.286 e. The van der Waals surface area contributed by atoms with Gasteiger partial charge < -0.3 is 9.64 Å². The lowest BCUT2D eigenvalue weighted by atomic mass is 10.2. The molecule has 0 bridgehead atoms. The molecular formula is C23H25N3O2S. The molecule has 2 heterocycles. The highest BCUT2D eigenvalue weighted by Crippen LogP contribution is 2.32. The van der Waals surface area contributed by atoms with E-state index in [-0.39, 0.29) is 5.91 Å². The monoisotopic (exact) mass is 407 g/mol. The summed E-state index contributed by atoms with van der Waals surface area (Å²) in [6.45, 7) is 7.22. The number of ether oxygens (including phenoxy) is 1. The summed E-state index contributed by atoms with van der Waals surface area (Å²) in [5.41, 5.74) is 2.25. The van der Waals surface area contributed by atoms with E-state index in [2.05, 4.69) is 39.1 Å². The highest BCUT2D eigenvalue weighted by molar-refractivity contribution is 8.18. The maximum atomic E-state index is 12.5. The Morgan fingerprint density at radius 3 is 2.52 bits per heavy atom. The Labute approximate surface area is 176 Å². The molecule has 4 rings (SSSR count).